The predicted molar refractivity (Wildman–Crippen MR) is 119 cm³/mol. The Morgan fingerprint density at radius 1 is 1.06 bits per heavy atom. The summed E-state index contributed by atoms with van der Waals surface area (Å²) >= 11 is 6.57. The van der Waals surface area contributed by atoms with Gasteiger partial charge in [0.15, 0.2) is 11.5 Å². The molecule has 0 spiro atoms. The van der Waals surface area contributed by atoms with Crippen LogP contribution >= 0.6 is 23.4 Å². The first-order chi connectivity index (χ1) is 14.9. The summed E-state index contributed by atoms with van der Waals surface area (Å²) in [5, 5.41) is 2.62. The molecule has 0 saturated carbocycles. The molecule has 1 aliphatic rings. The smallest absolute Gasteiger partial charge is 0.294 e. The van der Waals surface area contributed by atoms with E-state index in [2.05, 4.69) is 5.32 Å². The first-order valence-corrected chi connectivity index (χ1v) is 10.2. The number of thioether (sulfide) groups is 1. The highest BCUT2D eigenvalue weighted by Crippen LogP contribution is 2.40. The molecule has 0 aliphatic carbocycles. The second-order valence-electron chi connectivity index (χ2n) is 6.28. The van der Waals surface area contributed by atoms with Gasteiger partial charge in [0.1, 0.15) is 6.54 Å². The molecule has 0 unspecified atom stereocenters. The number of methoxy groups -OCH3 is 3. The van der Waals surface area contributed by atoms with Gasteiger partial charge in [-0.3, -0.25) is 19.3 Å². The van der Waals surface area contributed by atoms with Crippen LogP contribution in [0.1, 0.15) is 5.56 Å². The third-order valence-electron chi connectivity index (χ3n) is 4.29. The minimum absolute atomic E-state index is 0.179. The first kappa shape index (κ1) is 22.5. The molecule has 1 heterocycles. The van der Waals surface area contributed by atoms with Gasteiger partial charge in [-0.1, -0.05) is 11.6 Å². The van der Waals surface area contributed by atoms with E-state index < -0.39 is 23.6 Å². The van der Waals surface area contributed by atoms with Gasteiger partial charge in [-0.2, -0.15) is 0 Å². The van der Waals surface area contributed by atoms with Gasteiger partial charge in [-0.15, -0.1) is 0 Å². The minimum atomic E-state index is -0.560. The highest BCUT2D eigenvalue weighted by Gasteiger charge is 2.36. The Balaban J connectivity index is 1.77. The number of carbonyl (C=O) groups is 3. The van der Waals surface area contributed by atoms with Gasteiger partial charge >= 0.3 is 0 Å². The third kappa shape index (κ3) is 5.12. The zero-order chi connectivity index (χ0) is 22.5. The monoisotopic (exact) mass is 462 g/mol. The SMILES string of the molecule is COc1cc(/C=C2/SC(=O)N(CC(=O)Nc3ccc(Cl)cc3)C2=O)cc(OC)c1OC. The van der Waals surface area contributed by atoms with Crippen molar-refractivity contribution in [2.75, 3.05) is 33.2 Å². The van der Waals surface area contributed by atoms with Gasteiger partial charge in [-0.25, -0.2) is 0 Å². The van der Waals surface area contributed by atoms with Crippen LogP contribution in [0.15, 0.2) is 41.3 Å². The lowest BCUT2D eigenvalue weighted by Crippen LogP contribution is -2.36. The van der Waals surface area contributed by atoms with E-state index in [1.165, 1.54) is 27.4 Å². The van der Waals surface area contributed by atoms with Gasteiger partial charge in [0.2, 0.25) is 11.7 Å². The summed E-state index contributed by atoms with van der Waals surface area (Å²) in [6.45, 7) is -0.403. The number of hydrogen-bond donors (Lipinski definition) is 1. The highest BCUT2D eigenvalue weighted by molar-refractivity contribution is 8.18. The molecule has 10 heteroatoms. The Morgan fingerprint density at radius 2 is 1.68 bits per heavy atom. The summed E-state index contributed by atoms with van der Waals surface area (Å²) in [7, 11) is 4.45. The van der Waals surface area contributed by atoms with Gasteiger partial charge < -0.3 is 19.5 Å². The Bertz CT molecular complexity index is 1030. The molecule has 0 radical (unpaired) electrons. The van der Waals surface area contributed by atoms with Crippen molar-refractivity contribution in [1.29, 1.82) is 0 Å². The number of nitrogens with one attached hydrogen (secondary N) is 1. The highest BCUT2D eigenvalue weighted by atomic mass is 35.5. The van der Waals surface area contributed by atoms with E-state index in [0.29, 0.717) is 33.5 Å². The molecule has 3 amide bonds. The molecule has 2 aromatic rings. The molecule has 1 fully saturated rings. The third-order valence-corrected chi connectivity index (χ3v) is 5.45. The second-order valence-corrected chi connectivity index (χ2v) is 7.71. The molecule has 1 N–H and O–H groups in total. The van der Waals surface area contributed by atoms with Crippen molar-refractivity contribution in [3.8, 4) is 17.2 Å². The molecule has 0 bridgehead atoms. The summed E-state index contributed by atoms with van der Waals surface area (Å²) in [6, 6.07) is 9.80. The van der Waals surface area contributed by atoms with Gasteiger partial charge in [0, 0.05) is 10.7 Å². The largest absolute Gasteiger partial charge is 0.493 e. The number of rotatable bonds is 7. The van der Waals surface area contributed by atoms with Crippen molar-refractivity contribution in [3.05, 3.63) is 51.9 Å². The molecule has 1 saturated heterocycles. The van der Waals surface area contributed by atoms with E-state index >= 15 is 0 Å². The van der Waals surface area contributed by atoms with Gasteiger partial charge in [0.25, 0.3) is 11.1 Å². The number of benzene rings is 2. The number of amides is 3. The van der Waals surface area contributed by atoms with Gasteiger partial charge in [0.05, 0.1) is 26.2 Å². The molecular weight excluding hydrogens is 444 g/mol. The van der Waals surface area contributed by atoms with Crippen molar-refractivity contribution >= 4 is 52.2 Å². The second kappa shape index (κ2) is 9.76. The van der Waals surface area contributed by atoms with Crippen molar-refractivity contribution in [2.24, 2.45) is 0 Å². The Labute approximate surface area is 188 Å². The molecule has 0 atom stereocenters. The lowest BCUT2D eigenvalue weighted by atomic mass is 10.1. The zero-order valence-electron chi connectivity index (χ0n) is 16.9. The zero-order valence-corrected chi connectivity index (χ0v) is 18.5. The molecule has 3 rings (SSSR count). The van der Waals surface area contributed by atoms with E-state index in [1.807, 2.05) is 0 Å². The predicted octanol–water partition coefficient (Wildman–Crippen LogP) is 4.04. The Kier molecular flexibility index (Phi) is 7.09. The lowest BCUT2D eigenvalue weighted by Gasteiger charge is -2.13. The van der Waals surface area contributed by atoms with Crippen LogP contribution in [0.3, 0.4) is 0 Å². The lowest BCUT2D eigenvalue weighted by molar-refractivity contribution is -0.127. The maximum Gasteiger partial charge on any atom is 0.294 e. The van der Waals surface area contributed by atoms with Gasteiger partial charge in [-0.05, 0) is 59.8 Å². The molecule has 0 aromatic heterocycles. The average molecular weight is 463 g/mol. The molecule has 8 nitrogen and oxygen atoms in total. The van der Waals surface area contributed by atoms with E-state index in [1.54, 1.807) is 36.4 Å². The summed E-state index contributed by atoms with van der Waals surface area (Å²) in [4.78, 5) is 38.4. The molecular formula is C21H19ClN2O6S. The van der Waals surface area contributed by atoms with Crippen LogP contribution in [0.25, 0.3) is 6.08 Å². The molecule has 1 aliphatic heterocycles. The number of imide groups is 1. The number of anilines is 1. The quantitative estimate of drug-likeness (QED) is 0.620. The fourth-order valence-corrected chi connectivity index (χ4v) is 3.81. The number of hydrogen-bond acceptors (Lipinski definition) is 7. The van der Waals surface area contributed by atoms with E-state index in [0.717, 1.165) is 16.7 Å². The fourth-order valence-electron chi connectivity index (χ4n) is 2.85. The van der Waals surface area contributed by atoms with Crippen LogP contribution in [0.4, 0.5) is 10.5 Å². The molecule has 162 valence electrons. The molecule has 31 heavy (non-hydrogen) atoms. The van der Waals surface area contributed by atoms with Crippen molar-refractivity contribution in [1.82, 2.24) is 4.90 Å². The van der Waals surface area contributed by atoms with Crippen molar-refractivity contribution < 1.29 is 28.6 Å². The van der Waals surface area contributed by atoms with Crippen LogP contribution < -0.4 is 19.5 Å². The average Bonchev–Trinajstić information content (AvgIpc) is 3.01. The van der Waals surface area contributed by atoms with E-state index in [9.17, 15) is 14.4 Å². The molecule has 2 aromatic carbocycles. The number of ether oxygens (including phenoxy) is 3. The van der Waals surface area contributed by atoms with Crippen LogP contribution in [-0.2, 0) is 9.59 Å². The van der Waals surface area contributed by atoms with E-state index in [-0.39, 0.29) is 4.91 Å². The fraction of sp³-hybridized carbons (Fsp3) is 0.190. The summed E-state index contributed by atoms with van der Waals surface area (Å²) in [6.07, 6.45) is 1.53. The summed E-state index contributed by atoms with van der Waals surface area (Å²) in [5.41, 5.74) is 1.08. The van der Waals surface area contributed by atoms with Crippen LogP contribution in [0.2, 0.25) is 5.02 Å². The van der Waals surface area contributed by atoms with E-state index in [4.69, 9.17) is 25.8 Å². The number of halogens is 1. The minimum Gasteiger partial charge on any atom is -0.493 e. The topological polar surface area (TPSA) is 94.2 Å². The maximum absolute atomic E-state index is 12.7. The first-order valence-electron chi connectivity index (χ1n) is 8.97. The van der Waals surface area contributed by atoms with Crippen molar-refractivity contribution in [2.45, 2.75) is 0 Å². The standard InChI is InChI=1S/C21H19ClN2O6S/c1-28-15-8-12(9-16(29-2)19(15)30-3)10-17-20(26)24(21(27)31-17)11-18(25)23-14-6-4-13(22)5-7-14/h4-10H,11H2,1-3H3,(H,23,25)/b17-10+. The van der Waals surface area contributed by atoms with Crippen LogP contribution in [0.5, 0.6) is 17.2 Å². The summed E-state index contributed by atoms with van der Waals surface area (Å²) in [5.74, 6) is 0.173. The van der Waals surface area contributed by atoms with Crippen LogP contribution in [0, 0.1) is 0 Å². The Hall–Kier alpha value is -3.17. The number of carbonyl (C=O) groups excluding carboxylic acids is 3. The maximum atomic E-state index is 12.7. The summed E-state index contributed by atoms with van der Waals surface area (Å²) < 4.78 is 15.9. The number of nitrogens with zero attached hydrogens (tertiary/aromatic N) is 1. The van der Waals surface area contributed by atoms with Crippen LogP contribution in [-0.4, -0.2) is 49.8 Å². The normalized spacial score (nSPS) is 14.7. The Morgan fingerprint density at radius 3 is 2.23 bits per heavy atom. The van der Waals surface area contributed by atoms with Crippen molar-refractivity contribution in [3.63, 3.8) is 0 Å².